The monoisotopic (exact) mass is 383 g/mol. The van der Waals surface area contributed by atoms with Crippen molar-refractivity contribution >= 4 is 33.4 Å². The third kappa shape index (κ3) is 4.36. The smallest absolute Gasteiger partial charge is 0.243 e. The molecule has 1 amide bonds. The van der Waals surface area contributed by atoms with Gasteiger partial charge >= 0.3 is 0 Å². The molecule has 0 bridgehead atoms. The molecule has 8 heteroatoms. The molecule has 1 atom stereocenters. The molecule has 0 aliphatic carbocycles. The fourth-order valence-corrected chi connectivity index (χ4v) is 5.88. The number of carbonyl (C=O) groups excluding carboxylic acids is 1. The lowest BCUT2D eigenvalue weighted by atomic mass is 10.2. The molecule has 1 unspecified atom stereocenters. The van der Waals surface area contributed by atoms with Crippen molar-refractivity contribution in [3.63, 3.8) is 0 Å². The van der Waals surface area contributed by atoms with Gasteiger partial charge in [-0.1, -0.05) is 18.9 Å². The zero-order chi connectivity index (χ0) is 17.9. The van der Waals surface area contributed by atoms with Crippen molar-refractivity contribution in [3.05, 3.63) is 23.8 Å². The van der Waals surface area contributed by atoms with Crippen LogP contribution in [0.1, 0.15) is 31.2 Å². The number of rotatable bonds is 4. The van der Waals surface area contributed by atoms with E-state index < -0.39 is 10.0 Å². The molecule has 25 heavy (non-hydrogen) atoms. The van der Waals surface area contributed by atoms with E-state index in [1.807, 2.05) is 0 Å². The molecule has 2 saturated heterocycles. The molecule has 2 heterocycles. The Morgan fingerprint density at radius 3 is 2.60 bits per heavy atom. The number of carbonyl (C=O) groups is 1. The van der Waals surface area contributed by atoms with Gasteiger partial charge in [0.2, 0.25) is 15.9 Å². The number of nitrogens with zero attached hydrogens (tertiary/aromatic N) is 1. The maximum Gasteiger partial charge on any atom is 0.243 e. The fraction of sp³-hybridized carbons (Fsp3) is 0.588. The van der Waals surface area contributed by atoms with Crippen LogP contribution in [-0.2, 0) is 14.8 Å². The molecule has 0 saturated carbocycles. The van der Waals surface area contributed by atoms with E-state index in [0.29, 0.717) is 29.2 Å². The maximum atomic E-state index is 13.1. The van der Waals surface area contributed by atoms with Crippen molar-refractivity contribution in [2.75, 3.05) is 30.0 Å². The number of anilines is 1. The number of aryl methyl sites for hydroxylation is 1. The largest absolute Gasteiger partial charge is 0.325 e. The molecule has 2 aliphatic heterocycles. The Morgan fingerprint density at radius 2 is 1.96 bits per heavy atom. The summed E-state index contributed by atoms with van der Waals surface area (Å²) >= 11 is 1.68. The van der Waals surface area contributed by atoms with Gasteiger partial charge in [0.05, 0.1) is 10.9 Å². The second-order valence-corrected chi connectivity index (χ2v) is 9.50. The maximum absolute atomic E-state index is 13.1. The van der Waals surface area contributed by atoms with E-state index in [1.54, 1.807) is 41.2 Å². The highest BCUT2D eigenvalue weighted by Gasteiger charge is 2.28. The van der Waals surface area contributed by atoms with Crippen LogP contribution in [0.25, 0.3) is 0 Å². The highest BCUT2D eigenvalue weighted by atomic mass is 32.2. The van der Waals surface area contributed by atoms with E-state index in [4.69, 9.17) is 0 Å². The first-order valence-electron chi connectivity index (χ1n) is 8.71. The quantitative estimate of drug-likeness (QED) is 0.833. The molecule has 0 spiro atoms. The third-order valence-electron chi connectivity index (χ3n) is 4.67. The standard InChI is InChI=1S/C17H25N3O3S2/c1-13-6-7-14(19-17(21)15-11-24-12-18-15)10-16(13)25(22,23)20-8-4-2-3-5-9-20/h6-7,10,15,18H,2-5,8-9,11-12H2,1H3,(H,19,21). The van der Waals surface area contributed by atoms with Crippen LogP contribution >= 0.6 is 11.8 Å². The molecule has 2 fully saturated rings. The fourth-order valence-electron chi connectivity index (χ4n) is 3.17. The first-order chi connectivity index (χ1) is 12.0. The van der Waals surface area contributed by atoms with Gasteiger partial charge in [0.1, 0.15) is 0 Å². The van der Waals surface area contributed by atoms with Crippen molar-refractivity contribution in [2.45, 2.75) is 43.5 Å². The Morgan fingerprint density at radius 1 is 1.24 bits per heavy atom. The van der Waals surface area contributed by atoms with Crippen LogP contribution in [0, 0.1) is 6.92 Å². The number of hydrogen-bond donors (Lipinski definition) is 2. The molecule has 3 rings (SSSR count). The zero-order valence-electron chi connectivity index (χ0n) is 14.5. The summed E-state index contributed by atoms with van der Waals surface area (Å²) in [4.78, 5) is 12.6. The van der Waals surface area contributed by atoms with Gasteiger partial charge < -0.3 is 5.32 Å². The van der Waals surface area contributed by atoms with E-state index >= 15 is 0 Å². The second-order valence-electron chi connectivity index (χ2n) is 6.56. The Bertz CT molecular complexity index is 723. The van der Waals surface area contributed by atoms with Crippen molar-refractivity contribution < 1.29 is 13.2 Å². The van der Waals surface area contributed by atoms with Gasteiger partial charge in [-0.25, -0.2) is 8.42 Å². The van der Waals surface area contributed by atoms with Gasteiger partial charge in [0.15, 0.2) is 0 Å². The van der Waals surface area contributed by atoms with Crippen LogP contribution < -0.4 is 10.6 Å². The SMILES string of the molecule is Cc1ccc(NC(=O)C2CSCN2)cc1S(=O)(=O)N1CCCCCC1. The average molecular weight is 384 g/mol. The predicted octanol–water partition coefficient (Wildman–Crippen LogP) is 2.16. The lowest BCUT2D eigenvalue weighted by Gasteiger charge is -2.21. The van der Waals surface area contributed by atoms with Crippen molar-refractivity contribution in [3.8, 4) is 0 Å². The average Bonchev–Trinajstić information content (AvgIpc) is 2.98. The van der Waals surface area contributed by atoms with Gasteiger partial charge in [-0.15, -0.1) is 11.8 Å². The van der Waals surface area contributed by atoms with Crippen molar-refractivity contribution in [1.82, 2.24) is 9.62 Å². The van der Waals surface area contributed by atoms with Crippen LogP contribution in [0.4, 0.5) is 5.69 Å². The highest BCUT2D eigenvalue weighted by molar-refractivity contribution is 7.99. The van der Waals surface area contributed by atoms with Crippen LogP contribution in [0.3, 0.4) is 0 Å². The van der Waals surface area contributed by atoms with Gasteiger partial charge in [0, 0.05) is 30.4 Å². The highest BCUT2D eigenvalue weighted by Crippen LogP contribution is 2.26. The summed E-state index contributed by atoms with van der Waals surface area (Å²) in [5.74, 6) is 1.38. The number of amides is 1. The summed E-state index contributed by atoms with van der Waals surface area (Å²) < 4.78 is 27.7. The van der Waals surface area contributed by atoms with E-state index in [1.165, 1.54) is 0 Å². The van der Waals surface area contributed by atoms with Crippen LogP contribution in [0.15, 0.2) is 23.1 Å². The molecule has 0 radical (unpaired) electrons. The Kier molecular flexibility index (Phi) is 6.04. The first kappa shape index (κ1) is 18.7. The third-order valence-corrected chi connectivity index (χ3v) is 7.65. The minimum atomic E-state index is -3.53. The van der Waals surface area contributed by atoms with Crippen LogP contribution in [0.2, 0.25) is 0 Å². The summed E-state index contributed by atoms with van der Waals surface area (Å²) in [7, 11) is -3.53. The minimum Gasteiger partial charge on any atom is -0.325 e. The lowest BCUT2D eigenvalue weighted by Crippen LogP contribution is -2.37. The van der Waals surface area contributed by atoms with E-state index in [0.717, 1.165) is 37.3 Å². The molecule has 2 aliphatic rings. The number of hydrogen-bond acceptors (Lipinski definition) is 5. The second kappa shape index (κ2) is 8.07. The lowest BCUT2D eigenvalue weighted by molar-refractivity contribution is -0.117. The summed E-state index contributed by atoms with van der Waals surface area (Å²) in [6.07, 6.45) is 3.96. The van der Waals surface area contributed by atoms with Crippen LogP contribution in [0.5, 0.6) is 0 Å². The molecule has 6 nitrogen and oxygen atoms in total. The molecule has 138 valence electrons. The number of benzene rings is 1. The molecule has 1 aromatic carbocycles. The molecular formula is C17H25N3O3S2. The molecular weight excluding hydrogens is 358 g/mol. The summed E-state index contributed by atoms with van der Waals surface area (Å²) in [6.45, 7) is 2.94. The van der Waals surface area contributed by atoms with Gasteiger partial charge in [0.25, 0.3) is 0 Å². The van der Waals surface area contributed by atoms with E-state index in [2.05, 4.69) is 10.6 Å². The number of nitrogens with one attached hydrogen (secondary N) is 2. The molecule has 1 aromatic rings. The number of sulfonamides is 1. The Labute approximate surface area is 153 Å². The van der Waals surface area contributed by atoms with Gasteiger partial charge in [-0.3, -0.25) is 10.1 Å². The molecule has 2 N–H and O–H groups in total. The molecule has 0 aromatic heterocycles. The normalized spacial score (nSPS) is 22.5. The first-order valence-corrected chi connectivity index (χ1v) is 11.3. The van der Waals surface area contributed by atoms with Gasteiger partial charge in [-0.05, 0) is 37.5 Å². The van der Waals surface area contributed by atoms with Crippen molar-refractivity contribution in [1.29, 1.82) is 0 Å². The van der Waals surface area contributed by atoms with E-state index in [-0.39, 0.29) is 11.9 Å². The topological polar surface area (TPSA) is 78.5 Å². The minimum absolute atomic E-state index is 0.119. The predicted molar refractivity (Wildman–Crippen MR) is 101 cm³/mol. The summed E-state index contributed by atoms with van der Waals surface area (Å²) in [6, 6.07) is 4.89. The Balaban J connectivity index is 1.81. The zero-order valence-corrected chi connectivity index (χ0v) is 16.1. The Hall–Kier alpha value is -1.09. The summed E-state index contributed by atoms with van der Waals surface area (Å²) in [5, 5.41) is 5.96. The summed E-state index contributed by atoms with van der Waals surface area (Å²) in [5.41, 5.74) is 1.24. The number of thioether (sulfide) groups is 1. The van der Waals surface area contributed by atoms with E-state index in [9.17, 15) is 13.2 Å². The van der Waals surface area contributed by atoms with Crippen molar-refractivity contribution in [2.24, 2.45) is 0 Å². The van der Waals surface area contributed by atoms with Crippen LogP contribution in [-0.4, -0.2) is 49.4 Å². The van der Waals surface area contributed by atoms with Gasteiger partial charge in [-0.2, -0.15) is 4.31 Å².